The molecule has 20 heavy (non-hydrogen) atoms. The van der Waals surface area contributed by atoms with E-state index in [0.717, 1.165) is 16.5 Å². The molecule has 0 saturated carbocycles. The second-order valence-electron chi connectivity index (χ2n) is 4.56. The number of nitrogens with two attached hydrogens (primary N) is 1. The Hall–Kier alpha value is -1.97. The summed E-state index contributed by atoms with van der Waals surface area (Å²) < 4.78 is 14.0. The van der Waals surface area contributed by atoms with Gasteiger partial charge >= 0.3 is 0 Å². The molecule has 3 aromatic rings. The molecule has 0 saturated heterocycles. The summed E-state index contributed by atoms with van der Waals surface area (Å²) in [6, 6.07) is 13.4. The van der Waals surface area contributed by atoms with E-state index in [1.54, 1.807) is 18.3 Å². The molecule has 0 radical (unpaired) electrons. The molecule has 1 atom stereocenters. The van der Waals surface area contributed by atoms with Crippen molar-refractivity contribution in [1.29, 1.82) is 0 Å². The average molecular weight is 287 g/mol. The van der Waals surface area contributed by atoms with Gasteiger partial charge in [0.25, 0.3) is 0 Å². The smallest absolute Gasteiger partial charge is 0.129 e. The molecule has 0 spiro atoms. The van der Waals surface area contributed by atoms with Crippen LogP contribution in [-0.4, -0.2) is 4.98 Å². The van der Waals surface area contributed by atoms with Crippen molar-refractivity contribution in [3.8, 4) is 0 Å². The summed E-state index contributed by atoms with van der Waals surface area (Å²) in [6.45, 7) is 0. The Morgan fingerprint density at radius 1 is 1.05 bits per heavy atom. The number of rotatable bonds is 2. The van der Waals surface area contributed by atoms with Gasteiger partial charge in [0.05, 0.1) is 11.6 Å². The van der Waals surface area contributed by atoms with Crippen LogP contribution in [0.5, 0.6) is 0 Å². The fraction of sp³-hybridized carbons (Fsp3) is 0.0625. The first-order valence-electron chi connectivity index (χ1n) is 6.21. The third-order valence-corrected chi connectivity index (χ3v) is 3.55. The number of hydrogen-bond donors (Lipinski definition) is 1. The van der Waals surface area contributed by atoms with Crippen LogP contribution in [0.2, 0.25) is 5.02 Å². The number of nitrogens with zero attached hydrogens (tertiary/aromatic N) is 1. The lowest BCUT2D eigenvalue weighted by Gasteiger charge is -2.15. The zero-order chi connectivity index (χ0) is 14.1. The van der Waals surface area contributed by atoms with Gasteiger partial charge in [0, 0.05) is 22.2 Å². The zero-order valence-corrected chi connectivity index (χ0v) is 11.3. The van der Waals surface area contributed by atoms with Crippen LogP contribution in [0, 0.1) is 5.82 Å². The minimum Gasteiger partial charge on any atom is -0.320 e. The number of pyridine rings is 1. The quantitative estimate of drug-likeness (QED) is 0.771. The molecule has 2 N–H and O–H groups in total. The molecule has 0 aliphatic carbocycles. The predicted molar refractivity (Wildman–Crippen MR) is 79.2 cm³/mol. The molecule has 2 aromatic carbocycles. The van der Waals surface area contributed by atoms with E-state index in [4.69, 9.17) is 17.3 Å². The van der Waals surface area contributed by atoms with E-state index in [9.17, 15) is 4.39 Å². The van der Waals surface area contributed by atoms with Gasteiger partial charge in [-0.1, -0.05) is 35.9 Å². The van der Waals surface area contributed by atoms with E-state index in [-0.39, 0.29) is 0 Å². The molecule has 0 aliphatic rings. The number of fused-ring (bicyclic) bond motifs is 1. The van der Waals surface area contributed by atoms with Crippen molar-refractivity contribution in [2.75, 3.05) is 0 Å². The molecule has 0 bridgehead atoms. The van der Waals surface area contributed by atoms with Crippen LogP contribution >= 0.6 is 11.6 Å². The van der Waals surface area contributed by atoms with Crippen LogP contribution in [0.15, 0.2) is 54.7 Å². The van der Waals surface area contributed by atoms with E-state index < -0.39 is 11.9 Å². The highest BCUT2D eigenvalue weighted by Gasteiger charge is 2.16. The van der Waals surface area contributed by atoms with Gasteiger partial charge < -0.3 is 5.73 Å². The second-order valence-corrected chi connectivity index (χ2v) is 5.00. The molecular weight excluding hydrogens is 275 g/mol. The molecule has 0 amide bonds. The summed E-state index contributed by atoms with van der Waals surface area (Å²) in [5.41, 5.74) is 8.33. The van der Waals surface area contributed by atoms with Crippen molar-refractivity contribution < 1.29 is 4.39 Å². The number of hydrogen-bond acceptors (Lipinski definition) is 2. The third kappa shape index (κ3) is 2.26. The summed E-state index contributed by atoms with van der Waals surface area (Å²) >= 11 is 5.77. The van der Waals surface area contributed by atoms with Crippen molar-refractivity contribution in [1.82, 2.24) is 4.98 Å². The van der Waals surface area contributed by atoms with Crippen molar-refractivity contribution in [2.24, 2.45) is 5.73 Å². The fourth-order valence-corrected chi connectivity index (χ4v) is 2.48. The summed E-state index contributed by atoms with van der Waals surface area (Å²) in [5.74, 6) is -0.397. The maximum atomic E-state index is 14.0. The van der Waals surface area contributed by atoms with Crippen LogP contribution in [0.4, 0.5) is 4.39 Å². The van der Waals surface area contributed by atoms with E-state index in [1.807, 2.05) is 30.3 Å². The molecule has 4 heteroatoms. The van der Waals surface area contributed by atoms with Gasteiger partial charge in [-0.05, 0) is 29.8 Å². The summed E-state index contributed by atoms with van der Waals surface area (Å²) in [7, 11) is 0. The first-order valence-corrected chi connectivity index (χ1v) is 6.59. The van der Waals surface area contributed by atoms with Crippen LogP contribution in [0.1, 0.15) is 17.2 Å². The highest BCUT2D eigenvalue weighted by molar-refractivity contribution is 6.30. The third-order valence-electron chi connectivity index (χ3n) is 3.31. The lowest BCUT2D eigenvalue weighted by atomic mass is 9.95. The lowest BCUT2D eigenvalue weighted by Crippen LogP contribution is -2.14. The molecular formula is C16H12ClFN2. The SMILES string of the molecule is NC(c1ccc(Cl)cc1F)c1cccc2ncccc12. The van der Waals surface area contributed by atoms with Crippen molar-refractivity contribution >= 4 is 22.5 Å². The molecule has 100 valence electrons. The highest BCUT2D eigenvalue weighted by Crippen LogP contribution is 2.28. The fourth-order valence-electron chi connectivity index (χ4n) is 2.32. The van der Waals surface area contributed by atoms with E-state index >= 15 is 0 Å². The van der Waals surface area contributed by atoms with Crippen LogP contribution < -0.4 is 5.73 Å². The second kappa shape index (κ2) is 5.19. The topological polar surface area (TPSA) is 38.9 Å². The summed E-state index contributed by atoms with van der Waals surface area (Å²) in [6.07, 6.45) is 1.72. The standard InChI is InChI=1S/C16H12ClFN2/c17-10-6-7-13(14(18)9-10)16(19)12-3-1-5-15-11(12)4-2-8-20-15/h1-9,16H,19H2. The maximum absolute atomic E-state index is 14.0. The molecule has 2 nitrogen and oxygen atoms in total. The number of aromatic nitrogens is 1. The Balaban J connectivity index is 2.15. The predicted octanol–water partition coefficient (Wildman–Crippen LogP) is 4.08. The van der Waals surface area contributed by atoms with E-state index in [2.05, 4.69) is 4.98 Å². The summed E-state index contributed by atoms with van der Waals surface area (Å²) in [4.78, 5) is 4.28. The average Bonchev–Trinajstić information content (AvgIpc) is 2.46. The Morgan fingerprint density at radius 2 is 1.90 bits per heavy atom. The Morgan fingerprint density at radius 3 is 2.70 bits per heavy atom. The van der Waals surface area contributed by atoms with Gasteiger partial charge in [0.15, 0.2) is 0 Å². The normalized spacial score (nSPS) is 12.6. The summed E-state index contributed by atoms with van der Waals surface area (Å²) in [5, 5.41) is 1.29. The van der Waals surface area contributed by atoms with Crippen LogP contribution in [-0.2, 0) is 0 Å². The van der Waals surface area contributed by atoms with Gasteiger partial charge in [-0.3, -0.25) is 4.98 Å². The van der Waals surface area contributed by atoms with Crippen molar-refractivity contribution in [2.45, 2.75) is 6.04 Å². The van der Waals surface area contributed by atoms with Gasteiger partial charge in [0.1, 0.15) is 5.82 Å². The monoisotopic (exact) mass is 286 g/mol. The van der Waals surface area contributed by atoms with E-state index in [1.165, 1.54) is 6.07 Å². The van der Waals surface area contributed by atoms with Gasteiger partial charge in [-0.2, -0.15) is 0 Å². The van der Waals surface area contributed by atoms with Crippen molar-refractivity contribution in [3.05, 3.63) is 76.7 Å². The zero-order valence-electron chi connectivity index (χ0n) is 10.6. The molecule has 1 aromatic heterocycles. The molecule has 0 fully saturated rings. The maximum Gasteiger partial charge on any atom is 0.129 e. The molecule has 1 heterocycles. The van der Waals surface area contributed by atoms with Crippen molar-refractivity contribution in [3.63, 3.8) is 0 Å². The first-order chi connectivity index (χ1) is 9.66. The van der Waals surface area contributed by atoms with E-state index in [0.29, 0.717) is 10.6 Å². The Bertz CT molecular complexity index is 768. The van der Waals surface area contributed by atoms with Gasteiger partial charge in [-0.15, -0.1) is 0 Å². The largest absolute Gasteiger partial charge is 0.320 e. The number of benzene rings is 2. The van der Waals surface area contributed by atoms with Crippen LogP contribution in [0.25, 0.3) is 10.9 Å². The lowest BCUT2D eigenvalue weighted by molar-refractivity contribution is 0.600. The Kier molecular flexibility index (Phi) is 3.38. The highest BCUT2D eigenvalue weighted by atomic mass is 35.5. The minimum atomic E-state index is -0.555. The molecule has 0 aliphatic heterocycles. The molecule has 1 unspecified atom stereocenters. The number of halogens is 2. The first kappa shape index (κ1) is 13.0. The minimum absolute atomic E-state index is 0.359. The Labute approximate surface area is 121 Å². The van der Waals surface area contributed by atoms with Gasteiger partial charge in [-0.25, -0.2) is 4.39 Å². The van der Waals surface area contributed by atoms with Crippen LogP contribution in [0.3, 0.4) is 0 Å². The molecule has 3 rings (SSSR count). The van der Waals surface area contributed by atoms with Gasteiger partial charge in [0.2, 0.25) is 0 Å².